The molecule has 0 aromatic carbocycles. The molecule has 0 amide bonds. The van der Waals surface area contributed by atoms with Crippen molar-refractivity contribution in [2.24, 2.45) is 7.05 Å². The van der Waals surface area contributed by atoms with Crippen molar-refractivity contribution in [3.63, 3.8) is 0 Å². The van der Waals surface area contributed by atoms with Crippen LogP contribution in [0.15, 0.2) is 0 Å². The van der Waals surface area contributed by atoms with E-state index in [1.165, 1.54) is 11.4 Å². The van der Waals surface area contributed by atoms with Gasteiger partial charge >= 0.3 is 0 Å². The van der Waals surface area contributed by atoms with Gasteiger partial charge in [0.2, 0.25) is 0 Å². The lowest BCUT2D eigenvalue weighted by molar-refractivity contribution is -0.0781. The maximum Gasteiger partial charge on any atom is 0.130 e. The van der Waals surface area contributed by atoms with E-state index in [1.807, 2.05) is 11.7 Å². The van der Waals surface area contributed by atoms with Crippen molar-refractivity contribution in [1.82, 2.24) is 20.0 Å². The van der Waals surface area contributed by atoms with Crippen LogP contribution in [0.4, 0.5) is 5.82 Å². The Labute approximate surface area is 140 Å². The molecule has 3 atom stereocenters. The minimum Gasteiger partial charge on any atom is -0.373 e. The summed E-state index contributed by atoms with van der Waals surface area (Å²) in [7, 11) is 6.14. The fraction of sp³-hybridized carbons (Fsp3) is 0.824. The van der Waals surface area contributed by atoms with Gasteiger partial charge in [-0.05, 0) is 27.7 Å². The quantitative estimate of drug-likeness (QED) is 0.857. The normalized spacial score (nSPS) is 24.0. The van der Waals surface area contributed by atoms with Crippen LogP contribution in [0.5, 0.6) is 0 Å². The fourth-order valence-electron chi connectivity index (χ4n) is 3.57. The second kappa shape index (κ2) is 7.64. The number of nitrogens with zero attached hydrogens (tertiary/aromatic N) is 4. The van der Waals surface area contributed by atoms with Crippen molar-refractivity contribution in [3.05, 3.63) is 11.3 Å². The van der Waals surface area contributed by atoms with Crippen molar-refractivity contribution >= 4 is 5.82 Å². The van der Waals surface area contributed by atoms with Gasteiger partial charge in [0.25, 0.3) is 0 Å². The Kier molecular flexibility index (Phi) is 6.06. The summed E-state index contributed by atoms with van der Waals surface area (Å²) in [6.45, 7) is 12.5. The van der Waals surface area contributed by atoms with Crippen molar-refractivity contribution < 1.29 is 4.74 Å². The zero-order chi connectivity index (χ0) is 17.1. The van der Waals surface area contributed by atoms with E-state index in [4.69, 9.17) is 4.74 Å². The highest BCUT2D eigenvalue weighted by Gasteiger charge is 2.25. The maximum atomic E-state index is 5.82. The Bertz CT molecular complexity index is 503. The zero-order valence-electron chi connectivity index (χ0n) is 15.8. The van der Waals surface area contributed by atoms with E-state index in [0.29, 0.717) is 18.2 Å². The smallest absolute Gasteiger partial charge is 0.130 e. The third kappa shape index (κ3) is 4.46. The van der Waals surface area contributed by atoms with E-state index in [2.05, 4.69) is 62.0 Å². The average molecular weight is 323 g/mol. The summed E-state index contributed by atoms with van der Waals surface area (Å²) in [5, 5.41) is 8.16. The molecule has 1 N–H and O–H groups in total. The fourth-order valence-corrected chi connectivity index (χ4v) is 3.57. The minimum atomic E-state index is 0.321. The topological polar surface area (TPSA) is 45.6 Å². The number of morpholine rings is 1. The molecule has 0 radical (unpaired) electrons. The molecule has 0 aliphatic carbocycles. The number of rotatable bonds is 6. The molecule has 1 fully saturated rings. The molecule has 2 heterocycles. The molecule has 0 saturated carbocycles. The molecule has 23 heavy (non-hydrogen) atoms. The first-order valence-corrected chi connectivity index (χ1v) is 8.59. The number of hydrogen-bond acceptors (Lipinski definition) is 5. The SMILES string of the molecule is Cc1nn(C)c(N(C)C)c1CNC[C@H](C)N1C[C@H](C)O[C@@H](C)C1. The van der Waals surface area contributed by atoms with Gasteiger partial charge in [0.1, 0.15) is 5.82 Å². The van der Waals surface area contributed by atoms with E-state index in [1.54, 1.807) is 0 Å². The first-order chi connectivity index (χ1) is 10.8. The molecule has 6 heteroatoms. The van der Waals surface area contributed by atoms with Crippen LogP contribution in [0.1, 0.15) is 32.0 Å². The van der Waals surface area contributed by atoms with Gasteiger partial charge in [0, 0.05) is 58.9 Å². The van der Waals surface area contributed by atoms with Crippen molar-refractivity contribution in [2.45, 2.75) is 52.5 Å². The number of nitrogens with one attached hydrogen (secondary N) is 1. The van der Waals surface area contributed by atoms with E-state index >= 15 is 0 Å². The van der Waals surface area contributed by atoms with Crippen molar-refractivity contribution in [1.29, 1.82) is 0 Å². The Hall–Kier alpha value is -1.11. The Balaban J connectivity index is 1.90. The maximum absolute atomic E-state index is 5.82. The van der Waals surface area contributed by atoms with Gasteiger partial charge in [-0.15, -0.1) is 0 Å². The number of aromatic nitrogens is 2. The molecular formula is C17H33N5O. The van der Waals surface area contributed by atoms with Crippen molar-refractivity contribution in [2.75, 3.05) is 38.6 Å². The van der Waals surface area contributed by atoms with Crippen LogP contribution < -0.4 is 10.2 Å². The standard InChI is InChI=1S/C17H33N5O/c1-12(22-10-13(2)23-14(3)11-22)8-18-9-16-15(4)19-21(7)17(16)20(5)6/h12-14,18H,8-11H2,1-7H3/t12-,13-,14-/m0/s1. The molecular weight excluding hydrogens is 290 g/mol. The lowest BCUT2D eigenvalue weighted by atomic mass is 10.1. The van der Waals surface area contributed by atoms with E-state index < -0.39 is 0 Å². The first-order valence-electron chi connectivity index (χ1n) is 8.59. The van der Waals surface area contributed by atoms with E-state index in [0.717, 1.165) is 31.9 Å². The summed E-state index contributed by atoms with van der Waals surface area (Å²) < 4.78 is 7.78. The number of anilines is 1. The largest absolute Gasteiger partial charge is 0.373 e. The highest BCUT2D eigenvalue weighted by Crippen LogP contribution is 2.21. The third-order valence-electron chi connectivity index (χ3n) is 4.55. The summed E-state index contributed by atoms with van der Waals surface area (Å²) in [5.41, 5.74) is 2.39. The lowest BCUT2D eigenvalue weighted by Crippen LogP contribution is -2.51. The second-order valence-corrected chi connectivity index (χ2v) is 7.10. The highest BCUT2D eigenvalue weighted by molar-refractivity contribution is 5.48. The van der Waals surface area contributed by atoms with Gasteiger partial charge in [0.05, 0.1) is 17.9 Å². The molecule has 2 rings (SSSR count). The number of ether oxygens (including phenoxy) is 1. The van der Waals surface area contributed by atoms with Gasteiger partial charge in [-0.25, -0.2) is 0 Å². The second-order valence-electron chi connectivity index (χ2n) is 7.10. The third-order valence-corrected chi connectivity index (χ3v) is 4.55. The molecule has 0 bridgehead atoms. The summed E-state index contributed by atoms with van der Waals surface area (Å²) in [6, 6.07) is 0.503. The molecule has 1 aliphatic heterocycles. The molecule has 6 nitrogen and oxygen atoms in total. The minimum absolute atomic E-state index is 0.321. The van der Waals surface area contributed by atoms with E-state index in [-0.39, 0.29) is 0 Å². The van der Waals surface area contributed by atoms with Crippen LogP contribution in [-0.2, 0) is 18.3 Å². The average Bonchev–Trinajstić information content (AvgIpc) is 2.72. The predicted molar refractivity (Wildman–Crippen MR) is 95.0 cm³/mol. The predicted octanol–water partition coefficient (Wildman–Crippen LogP) is 1.38. The molecule has 1 aromatic rings. The van der Waals surface area contributed by atoms with Gasteiger partial charge < -0.3 is 15.0 Å². The molecule has 0 unspecified atom stereocenters. The van der Waals surface area contributed by atoms with Gasteiger partial charge in [-0.3, -0.25) is 9.58 Å². The Morgan fingerprint density at radius 1 is 1.30 bits per heavy atom. The molecule has 1 aromatic heterocycles. The van der Waals surface area contributed by atoms with Crippen LogP contribution in [0, 0.1) is 6.92 Å². The van der Waals surface area contributed by atoms with Crippen LogP contribution in [0.2, 0.25) is 0 Å². The summed E-state index contributed by atoms with van der Waals surface area (Å²) in [5.74, 6) is 1.18. The molecule has 1 saturated heterocycles. The number of hydrogen-bond donors (Lipinski definition) is 1. The lowest BCUT2D eigenvalue weighted by Gasteiger charge is -2.39. The van der Waals surface area contributed by atoms with Crippen LogP contribution in [0.25, 0.3) is 0 Å². The van der Waals surface area contributed by atoms with Crippen LogP contribution in [0.3, 0.4) is 0 Å². The van der Waals surface area contributed by atoms with E-state index in [9.17, 15) is 0 Å². The van der Waals surface area contributed by atoms with Gasteiger partial charge in [-0.1, -0.05) is 0 Å². The summed E-state index contributed by atoms with van der Waals surface area (Å²) in [4.78, 5) is 4.65. The zero-order valence-corrected chi connectivity index (χ0v) is 15.8. The first kappa shape index (κ1) is 18.2. The van der Waals surface area contributed by atoms with Crippen LogP contribution in [-0.4, -0.2) is 66.7 Å². The summed E-state index contributed by atoms with van der Waals surface area (Å²) >= 11 is 0. The number of aryl methyl sites for hydroxylation is 2. The van der Waals surface area contributed by atoms with Crippen molar-refractivity contribution in [3.8, 4) is 0 Å². The highest BCUT2D eigenvalue weighted by atomic mass is 16.5. The molecule has 0 spiro atoms. The Morgan fingerprint density at radius 3 is 2.48 bits per heavy atom. The molecule has 132 valence electrons. The van der Waals surface area contributed by atoms with Crippen LogP contribution >= 0.6 is 0 Å². The van der Waals surface area contributed by atoms with Gasteiger partial charge in [0.15, 0.2) is 0 Å². The monoisotopic (exact) mass is 323 g/mol. The molecule has 1 aliphatic rings. The van der Waals surface area contributed by atoms with Gasteiger partial charge in [-0.2, -0.15) is 5.10 Å². The Morgan fingerprint density at radius 2 is 1.91 bits per heavy atom. The summed E-state index contributed by atoms with van der Waals surface area (Å²) in [6.07, 6.45) is 0.643.